The molecule has 1 fully saturated rings. The molecule has 2 amide bonds. The van der Waals surface area contributed by atoms with Crippen molar-refractivity contribution in [3.63, 3.8) is 0 Å². The number of piperazine rings is 1. The lowest BCUT2D eigenvalue weighted by Gasteiger charge is -2.35. The number of H-pyrrole nitrogens is 1. The van der Waals surface area contributed by atoms with E-state index in [1.807, 2.05) is 11.8 Å². The van der Waals surface area contributed by atoms with Crippen molar-refractivity contribution in [2.24, 2.45) is 0 Å². The van der Waals surface area contributed by atoms with Crippen LogP contribution in [0.4, 0.5) is 5.69 Å². The van der Waals surface area contributed by atoms with Crippen molar-refractivity contribution in [1.29, 1.82) is 0 Å². The van der Waals surface area contributed by atoms with E-state index in [4.69, 9.17) is 13.8 Å². The van der Waals surface area contributed by atoms with Gasteiger partial charge in [-0.05, 0) is 45.4 Å². The second-order valence-electron chi connectivity index (χ2n) is 9.40. The zero-order valence-corrected chi connectivity index (χ0v) is 26.5. The van der Waals surface area contributed by atoms with Crippen LogP contribution in [0.5, 0.6) is 5.75 Å². The highest BCUT2D eigenvalue weighted by molar-refractivity contribution is 7.89. The van der Waals surface area contributed by atoms with Crippen LogP contribution in [-0.4, -0.2) is 99.0 Å². The molecule has 14 nitrogen and oxygen atoms in total. The summed E-state index contributed by atoms with van der Waals surface area (Å²) in [5.41, 5.74) is 0.816. The summed E-state index contributed by atoms with van der Waals surface area (Å²) in [6.07, 6.45) is 1.30. The first-order chi connectivity index (χ1) is 20.0. The topological polar surface area (TPSA) is 172 Å². The van der Waals surface area contributed by atoms with Gasteiger partial charge in [-0.15, -0.1) is 0 Å². The number of anilines is 1. The molecule has 1 aromatic carbocycles. The maximum Gasteiger partial charge on any atom is 0.344 e. The number of hydrogen-bond acceptors (Lipinski definition) is 10. The van der Waals surface area contributed by atoms with Crippen molar-refractivity contribution in [1.82, 2.24) is 24.7 Å². The van der Waals surface area contributed by atoms with Gasteiger partial charge in [-0.1, -0.05) is 13.3 Å². The van der Waals surface area contributed by atoms with Gasteiger partial charge in [-0.2, -0.15) is 9.40 Å². The highest BCUT2D eigenvalue weighted by Gasteiger charge is 2.34. The summed E-state index contributed by atoms with van der Waals surface area (Å²) in [5.74, 6) is -0.908. The van der Waals surface area contributed by atoms with Gasteiger partial charge in [0, 0.05) is 33.2 Å². The third-order valence-electron chi connectivity index (χ3n) is 6.51. The van der Waals surface area contributed by atoms with Crippen LogP contribution < -0.4 is 15.4 Å². The number of carbonyl (C=O) groups excluding carboxylic acids is 2. The summed E-state index contributed by atoms with van der Waals surface area (Å²) >= 11 is 0. The lowest BCUT2D eigenvalue weighted by atomic mass is 10.1. The Kier molecular flexibility index (Phi) is 12.1. The number of hydrogen-bond donors (Lipinski definition) is 3. The molecule has 3 N–H and O–H groups in total. The lowest BCUT2D eigenvalue weighted by Crippen LogP contribution is -2.48. The summed E-state index contributed by atoms with van der Waals surface area (Å²) in [5, 5.41) is 12.1. The van der Waals surface area contributed by atoms with E-state index in [-0.39, 0.29) is 66.8 Å². The molecule has 0 bridgehead atoms. The minimum absolute atomic E-state index is 0.00238. The van der Waals surface area contributed by atoms with E-state index >= 15 is 0 Å². The summed E-state index contributed by atoms with van der Waals surface area (Å²) in [6, 6.07) is 4.13. The number of sulfonamides is 1. The van der Waals surface area contributed by atoms with E-state index in [1.165, 1.54) is 29.6 Å². The van der Waals surface area contributed by atoms with Gasteiger partial charge in [-0.3, -0.25) is 24.2 Å². The Morgan fingerprint density at radius 2 is 1.69 bits per heavy atom. The third-order valence-corrected chi connectivity index (χ3v) is 10.5. The molecule has 2 aromatic rings. The zero-order valence-electron chi connectivity index (χ0n) is 24.8. The van der Waals surface area contributed by atoms with Gasteiger partial charge in [0.05, 0.1) is 41.7 Å². The third kappa shape index (κ3) is 7.97. The molecule has 0 saturated carbocycles. The van der Waals surface area contributed by atoms with Crippen molar-refractivity contribution in [2.45, 2.75) is 45.4 Å². The maximum atomic E-state index is 13.6. The second kappa shape index (κ2) is 15.1. The molecule has 0 unspecified atom stereocenters. The van der Waals surface area contributed by atoms with Gasteiger partial charge in [0.25, 0.3) is 11.8 Å². The smallest absolute Gasteiger partial charge is 0.344 e. The number of amides is 2. The molecule has 1 aliphatic rings. The van der Waals surface area contributed by atoms with Gasteiger partial charge in [0.2, 0.25) is 10.0 Å². The number of nitrogens with one attached hydrogen (secondary N) is 3. The highest BCUT2D eigenvalue weighted by Crippen LogP contribution is 2.48. The highest BCUT2D eigenvalue weighted by atomic mass is 32.2. The normalized spacial score (nSPS) is 15.0. The van der Waals surface area contributed by atoms with Crippen LogP contribution in [0.15, 0.2) is 23.1 Å². The first kappa shape index (κ1) is 33.7. The second-order valence-corrected chi connectivity index (χ2v) is 13.4. The summed E-state index contributed by atoms with van der Waals surface area (Å²) < 4.78 is 57.9. The van der Waals surface area contributed by atoms with E-state index in [0.717, 1.165) is 6.42 Å². The van der Waals surface area contributed by atoms with E-state index in [1.54, 1.807) is 20.8 Å². The van der Waals surface area contributed by atoms with E-state index in [9.17, 15) is 22.6 Å². The number of aromatic nitrogens is 2. The number of carbonyl (C=O) groups is 2. The molecule has 2 heterocycles. The first-order valence-electron chi connectivity index (χ1n) is 14.0. The van der Waals surface area contributed by atoms with Gasteiger partial charge in [-0.25, -0.2) is 8.42 Å². The minimum atomic E-state index is -3.98. The monoisotopic (exact) mass is 628 g/mol. The SMILES string of the molecule is CCCc1n[nH]c(C(=O)NC)c1NC(=O)c1cc(S(=O)(=O)N2CCN(CP(=O)(OCC)OCC)CC2)ccc1OCC. The standard InChI is InChI=1S/C26H41N6O8PS/c1-6-10-21-23(24(30-29-21)26(34)27-5)28-25(33)20-17-19(11-12-22(20)38-7-2)42(36,37)32-15-13-31(14-16-32)18-41(35,39-8-3)40-9-4/h11-12,17H,6-10,13-16,18H2,1-5H3,(H,27,34)(H,28,33)(H,29,30). The fourth-order valence-electron chi connectivity index (χ4n) is 4.55. The molecule has 16 heteroatoms. The molecule has 42 heavy (non-hydrogen) atoms. The van der Waals surface area contributed by atoms with E-state index in [0.29, 0.717) is 25.2 Å². The van der Waals surface area contributed by atoms with Gasteiger partial charge in [0.15, 0.2) is 0 Å². The Bertz CT molecular complexity index is 1380. The van der Waals surface area contributed by atoms with Gasteiger partial charge < -0.3 is 24.4 Å². The Hall–Kier alpha value is -2.81. The van der Waals surface area contributed by atoms with Crippen LogP contribution in [0, 0.1) is 0 Å². The largest absolute Gasteiger partial charge is 0.493 e. The number of benzene rings is 1. The molecule has 3 rings (SSSR count). The fraction of sp³-hybridized carbons (Fsp3) is 0.577. The number of nitrogens with zero attached hydrogens (tertiary/aromatic N) is 3. The predicted molar refractivity (Wildman–Crippen MR) is 158 cm³/mol. The quantitative estimate of drug-likeness (QED) is 0.249. The number of aryl methyl sites for hydroxylation is 1. The van der Waals surface area contributed by atoms with Crippen LogP contribution in [0.2, 0.25) is 0 Å². The van der Waals surface area contributed by atoms with Crippen molar-refractivity contribution in [3.05, 3.63) is 35.2 Å². The average Bonchev–Trinajstić information content (AvgIpc) is 3.35. The molecular weight excluding hydrogens is 587 g/mol. The molecule has 0 spiro atoms. The zero-order chi connectivity index (χ0) is 30.9. The van der Waals surface area contributed by atoms with Gasteiger partial charge >= 0.3 is 7.60 Å². The number of aromatic amines is 1. The lowest BCUT2D eigenvalue weighted by molar-refractivity contribution is 0.0959. The fourth-order valence-corrected chi connectivity index (χ4v) is 7.79. The van der Waals surface area contributed by atoms with Crippen LogP contribution in [0.3, 0.4) is 0 Å². The van der Waals surface area contributed by atoms with Crippen LogP contribution in [0.25, 0.3) is 0 Å². The number of ether oxygens (including phenoxy) is 1. The van der Waals surface area contributed by atoms with E-state index < -0.39 is 29.4 Å². The van der Waals surface area contributed by atoms with Crippen LogP contribution in [0.1, 0.15) is 60.7 Å². The maximum absolute atomic E-state index is 13.6. The Morgan fingerprint density at radius 3 is 2.26 bits per heavy atom. The van der Waals surface area contributed by atoms with Crippen molar-refractivity contribution in [3.8, 4) is 5.75 Å². The first-order valence-corrected chi connectivity index (χ1v) is 17.2. The summed E-state index contributed by atoms with van der Waals surface area (Å²) in [7, 11) is -5.83. The molecule has 0 radical (unpaired) electrons. The Morgan fingerprint density at radius 1 is 1.02 bits per heavy atom. The molecular formula is C26H41N6O8PS. The molecule has 0 atom stereocenters. The summed E-state index contributed by atoms with van der Waals surface area (Å²) in [6.45, 7) is 8.87. The Balaban J connectivity index is 1.84. The number of rotatable bonds is 15. The molecule has 1 aliphatic heterocycles. The Labute approximate surface area is 247 Å². The van der Waals surface area contributed by atoms with Crippen molar-refractivity contribution < 1.29 is 36.4 Å². The van der Waals surface area contributed by atoms with Gasteiger partial charge in [0.1, 0.15) is 17.7 Å². The molecule has 1 aromatic heterocycles. The predicted octanol–water partition coefficient (Wildman–Crippen LogP) is 2.90. The minimum Gasteiger partial charge on any atom is -0.493 e. The molecule has 234 valence electrons. The van der Waals surface area contributed by atoms with Crippen LogP contribution >= 0.6 is 7.60 Å². The summed E-state index contributed by atoms with van der Waals surface area (Å²) in [4.78, 5) is 27.7. The molecule has 1 saturated heterocycles. The molecule has 0 aliphatic carbocycles. The van der Waals surface area contributed by atoms with Crippen molar-refractivity contribution >= 4 is 35.1 Å². The van der Waals surface area contributed by atoms with Crippen molar-refractivity contribution in [2.75, 3.05) is 64.6 Å². The van der Waals surface area contributed by atoms with Crippen LogP contribution in [-0.2, 0) is 30.1 Å². The average molecular weight is 629 g/mol. The van der Waals surface area contributed by atoms with E-state index in [2.05, 4.69) is 20.8 Å².